The van der Waals surface area contributed by atoms with Crippen LogP contribution in [0.25, 0.3) is 22.0 Å². The van der Waals surface area contributed by atoms with Gasteiger partial charge < -0.3 is 14.4 Å². The Labute approximate surface area is 261 Å². The minimum atomic E-state index is -0.761. The Bertz CT molecular complexity index is 1760. The SMILES string of the molecule is Cc1c(C)n(Cc2ccc(-c3ccccc3C(=O)OC(C)(C)C)cc2)c2ccc(C(O)NCc3ccc(C(C)C)cc3)cc12. The van der Waals surface area contributed by atoms with Crippen LogP contribution in [-0.4, -0.2) is 21.2 Å². The molecule has 228 valence electrons. The number of rotatable bonds is 9. The second-order valence-electron chi connectivity index (χ2n) is 13.0. The molecule has 2 N–H and O–H groups in total. The molecule has 0 amide bonds. The highest BCUT2D eigenvalue weighted by molar-refractivity contribution is 5.97. The summed E-state index contributed by atoms with van der Waals surface area (Å²) in [6, 6.07) is 30.8. The van der Waals surface area contributed by atoms with Crippen molar-refractivity contribution < 1.29 is 14.6 Å². The first-order valence-electron chi connectivity index (χ1n) is 15.4. The molecule has 0 aliphatic carbocycles. The summed E-state index contributed by atoms with van der Waals surface area (Å²) in [5, 5.41) is 15.4. The number of aliphatic hydroxyl groups excluding tert-OH is 1. The Hall–Kier alpha value is -4.19. The third-order valence-electron chi connectivity index (χ3n) is 8.28. The van der Waals surface area contributed by atoms with Crippen molar-refractivity contribution in [2.75, 3.05) is 0 Å². The van der Waals surface area contributed by atoms with Gasteiger partial charge in [-0.2, -0.15) is 0 Å². The largest absolute Gasteiger partial charge is 0.456 e. The number of fused-ring (bicyclic) bond motifs is 1. The van der Waals surface area contributed by atoms with Crippen LogP contribution in [0.2, 0.25) is 0 Å². The number of benzene rings is 4. The van der Waals surface area contributed by atoms with Crippen molar-refractivity contribution in [3.05, 3.63) is 130 Å². The molecule has 0 aliphatic heterocycles. The van der Waals surface area contributed by atoms with Crippen molar-refractivity contribution in [2.45, 2.75) is 79.3 Å². The zero-order valence-corrected chi connectivity index (χ0v) is 26.9. The number of esters is 1. The van der Waals surface area contributed by atoms with Crippen LogP contribution < -0.4 is 5.32 Å². The highest BCUT2D eigenvalue weighted by Crippen LogP contribution is 2.30. The van der Waals surface area contributed by atoms with Gasteiger partial charge in [-0.15, -0.1) is 0 Å². The van der Waals surface area contributed by atoms with Crippen molar-refractivity contribution in [1.29, 1.82) is 0 Å². The average molecular weight is 589 g/mol. The maximum absolute atomic E-state index is 12.9. The van der Waals surface area contributed by atoms with Gasteiger partial charge in [-0.3, -0.25) is 5.32 Å². The molecule has 0 saturated carbocycles. The van der Waals surface area contributed by atoms with E-state index >= 15 is 0 Å². The van der Waals surface area contributed by atoms with Crippen LogP contribution in [-0.2, 0) is 17.8 Å². The third kappa shape index (κ3) is 6.96. The third-order valence-corrected chi connectivity index (χ3v) is 8.28. The first-order chi connectivity index (χ1) is 20.9. The van der Waals surface area contributed by atoms with E-state index in [2.05, 4.69) is 98.2 Å². The molecule has 0 fully saturated rings. The molecule has 0 spiro atoms. The lowest BCUT2D eigenvalue weighted by atomic mass is 9.98. The Morgan fingerprint density at radius 1 is 0.864 bits per heavy atom. The minimum absolute atomic E-state index is 0.318. The number of nitrogens with zero attached hydrogens (tertiary/aromatic N) is 1. The molecule has 1 heterocycles. The van der Waals surface area contributed by atoms with E-state index in [0.717, 1.165) is 45.3 Å². The number of nitrogens with one attached hydrogen (secondary N) is 1. The lowest BCUT2D eigenvalue weighted by Crippen LogP contribution is -2.24. The summed E-state index contributed by atoms with van der Waals surface area (Å²) in [6.45, 7) is 15.6. The molecule has 5 rings (SSSR count). The molecular formula is C39H44N2O3. The second-order valence-corrected chi connectivity index (χ2v) is 13.0. The maximum atomic E-state index is 12.9. The lowest BCUT2D eigenvalue weighted by molar-refractivity contribution is 0.00704. The maximum Gasteiger partial charge on any atom is 0.339 e. The van der Waals surface area contributed by atoms with Gasteiger partial charge in [-0.05, 0) is 97.7 Å². The van der Waals surface area contributed by atoms with E-state index in [-0.39, 0.29) is 5.97 Å². The summed E-state index contributed by atoms with van der Waals surface area (Å²) in [6.07, 6.45) is -0.761. The molecule has 4 aromatic carbocycles. The number of carbonyl (C=O) groups excluding carboxylic acids is 1. The smallest absolute Gasteiger partial charge is 0.339 e. The molecule has 1 aromatic heterocycles. The molecule has 5 nitrogen and oxygen atoms in total. The van der Waals surface area contributed by atoms with E-state index in [4.69, 9.17) is 4.74 Å². The standard InChI is InChI=1S/C39H44N2O3/c1-25(2)30-16-12-28(13-17-30)23-40-37(42)32-20-21-36-35(22-32)26(3)27(4)41(36)24-29-14-18-31(19-15-29)33-10-8-9-11-34(33)38(43)44-39(5,6)7/h8-22,25,37,40,42H,23-24H2,1-7H3. The number of ether oxygens (including phenoxy) is 1. The molecule has 5 heteroatoms. The minimum Gasteiger partial charge on any atom is -0.456 e. The number of aromatic nitrogens is 1. The highest BCUT2D eigenvalue weighted by atomic mass is 16.6. The van der Waals surface area contributed by atoms with Gasteiger partial charge in [-0.25, -0.2) is 4.79 Å². The number of hydrogen-bond acceptors (Lipinski definition) is 4. The topological polar surface area (TPSA) is 63.5 Å². The molecule has 0 saturated heterocycles. The first kappa shape index (κ1) is 31.2. The van der Waals surface area contributed by atoms with Gasteiger partial charge in [0, 0.05) is 29.7 Å². The quantitative estimate of drug-likeness (QED) is 0.133. The summed E-state index contributed by atoms with van der Waals surface area (Å²) in [5.41, 5.74) is 9.86. The Balaban J connectivity index is 1.32. The van der Waals surface area contributed by atoms with E-state index in [0.29, 0.717) is 18.0 Å². The van der Waals surface area contributed by atoms with Gasteiger partial charge >= 0.3 is 5.97 Å². The fraction of sp³-hybridized carbons (Fsp3) is 0.308. The van der Waals surface area contributed by atoms with Crippen LogP contribution in [0.15, 0.2) is 91.0 Å². The van der Waals surface area contributed by atoms with Gasteiger partial charge in [0.05, 0.1) is 5.56 Å². The lowest BCUT2D eigenvalue weighted by Gasteiger charge is -2.20. The zero-order valence-electron chi connectivity index (χ0n) is 26.9. The fourth-order valence-electron chi connectivity index (χ4n) is 5.61. The van der Waals surface area contributed by atoms with Gasteiger partial charge in [0.15, 0.2) is 0 Å². The molecule has 5 aromatic rings. The predicted octanol–water partition coefficient (Wildman–Crippen LogP) is 8.83. The van der Waals surface area contributed by atoms with Crippen molar-refractivity contribution in [1.82, 2.24) is 9.88 Å². The van der Waals surface area contributed by atoms with Crippen LogP contribution >= 0.6 is 0 Å². The highest BCUT2D eigenvalue weighted by Gasteiger charge is 2.21. The monoisotopic (exact) mass is 588 g/mol. The first-order valence-corrected chi connectivity index (χ1v) is 15.4. The summed E-state index contributed by atoms with van der Waals surface area (Å²) < 4.78 is 7.98. The van der Waals surface area contributed by atoms with Crippen molar-refractivity contribution >= 4 is 16.9 Å². The molecule has 44 heavy (non-hydrogen) atoms. The summed E-state index contributed by atoms with van der Waals surface area (Å²) in [7, 11) is 0. The van der Waals surface area contributed by atoms with Gasteiger partial charge in [0.1, 0.15) is 11.8 Å². The van der Waals surface area contributed by atoms with E-state index < -0.39 is 11.8 Å². The number of hydrogen-bond donors (Lipinski definition) is 2. The van der Waals surface area contributed by atoms with Gasteiger partial charge in [0.2, 0.25) is 0 Å². The van der Waals surface area contributed by atoms with E-state index in [9.17, 15) is 9.90 Å². The Kier molecular flexibility index (Phi) is 9.10. The van der Waals surface area contributed by atoms with E-state index in [1.807, 2.05) is 51.1 Å². The van der Waals surface area contributed by atoms with Crippen LogP contribution in [0.3, 0.4) is 0 Å². The summed E-state index contributed by atoms with van der Waals surface area (Å²) in [5.74, 6) is 0.183. The van der Waals surface area contributed by atoms with E-state index in [1.165, 1.54) is 16.8 Å². The zero-order chi connectivity index (χ0) is 31.6. The van der Waals surface area contributed by atoms with E-state index in [1.54, 1.807) is 0 Å². The Morgan fingerprint density at radius 3 is 2.16 bits per heavy atom. The Morgan fingerprint density at radius 2 is 1.50 bits per heavy atom. The predicted molar refractivity (Wildman–Crippen MR) is 180 cm³/mol. The molecule has 0 bridgehead atoms. The molecule has 0 aliphatic rings. The molecule has 0 radical (unpaired) electrons. The van der Waals surface area contributed by atoms with Crippen LogP contribution in [0.5, 0.6) is 0 Å². The normalized spacial score (nSPS) is 12.6. The van der Waals surface area contributed by atoms with Crippen LogP contribution in [0, 0.1) is 13.8 Å². The van der Waals surface area contributed by atoms with Gasteiger partial charge in [0.25, 0.3) is 0 Å². The molecule has 1 unspecified atom stereocenters. The van der Waals surface area contributed by atoms with Crippen molar-refractivity contribution in [3.8, 4) is 11.1 Å². The van der Waals surface area contributed by atoms with Crippen molar-refractivity contribution in [3.63, 3.8) is 0 Å². The van der Waals surface area contributed by atoms with Crippen LogP contribution in [0.1, 0.15) is 90.6 Å². The molecular weight excluding hydrogens is 544 g/mol. The number of carbonyl (C=O) groups is 1. The van der Waals surface area contributed by atoms with Gasteiger partial charge in [-0.1, -0.05) is 86.6 Å². The number of aryl methyl sites for hydroxylation is 1. The number of aliphatic hydroxyl groups is 1. The summed E-state index contributed by atoms with van der Waals surface area (Å²) >= 11 is 0. The average Bonchev–Trinajstić information content (AvgIpc) is 3.23. The summed E-state index contributed by atoms with van der Waals surface area (Å²) in [4.78, 5) is 12.9. The molecule has 1 atom stereocenters. The van der Waals surface area contributed by atoms with Crippen LogP contribution in [0.4, 0.5) is 0 Å². The fourth-order valence-corrected chi connectivity index (χ4v) is 5.61. The van der Waals surface area contributed by atoms with Crippen molar-refractivity contribution in [2.24, 2.45) is 0 Å². The second kappa shape index (κ2) is 12.8.